The number of thiazole rings is 1. The molecule has 7 nitrogen and oxygen atoms in total. The predicted octanol–water partition coefficient (Wildman–Crippen LogP) is 1.14. The van der Waals surface area contributed by atoms with Crippen molar-refractivity contribution in [3.05, 3.63) is 29.3 Å². The third-order valence-electron chi connectivity index (χ3n) is 5.18. The average molecular weight is 410 g/mol. The van der Waals surface area contributed by atoms with Gasteiger partial charge in [0.05, 0.1) is 28.3 Å². The zero-order valence-electron chi connectivity index (χ0n) is 15.0. The van der Waals surface area contributed by atoms with Gasteiger partial charge < -0.3 is 9.64 Å². The van der Waals surface area contributed by atoms with Crippen LogP contribution in [0.4, 0.5) is 0 Å². The lowest BCUT2D eigenvalue weighted by Crippen LogP contribution is -2.53. The number of rotatable bonds is 5. The molecule has 2 aliphatic heterocycles. The number of ether oxygens (including phenoxy) is 1. The number of piperazine rings is 1. The molecule has 3 heterocycles. The van der Waals surface area contributed by atoms with E-state index in [0.717, 1.165) is 28.3 Å². The van der Waals surface area contributed by atoms with Gasteiger partial charge in [0.15, 0.2) is 9.84 Å². The van der Waals surface area contributed by atoms with Crippen LogP contribution in [0.15, 0.2) is 24.3 Å². The van der Waals surface area contributed by atoms with Crippen molar-refractivity contribution in [3.63, 3.8) is 0 Å². The zero-order valence-corrected chi connectivity index (χ0v) is 16.7. The summed E-state index contributed by atoms with van der Waals surface area (Å²) in [4.78, 5) is 20.9. The van der Waals surface area contributed by atoms with Gasteiger partial charge in [-0.05, 0) is 18.6 Å². The van der Waals surface area contributed by atoms with E-state index in [1.807, 2.05) is 24.3 Å². The second-order valence-corrected chi connectivity index (χ2v) is 10.4. The Bertz CT molecular complexity index is 887. The molecule has 27 heavy (non-hydrogen) atoms. The Hall–Kier alpha value is -1.55. The van der Waals surface area contributed by atoms with E-state index in [-0.39, 0.29) is 30.1 Å². The third-order valence-corrected chi connectivity index (χ3v) is 7.94. The van der Waals surface area contributed by atoms with Crippen molar-refractivity contribution >= 4 is 37.3 Å². The molecule has 0 saturated carbocycles. The molecule has 1 aromatic heterocycles. The van der Waals surface area contributed by atoms with E-state index < -0.39 is 9.84 Å². The molecule has 9 heteroatoms. The minimum Gasteiger partial charge on any atom is -0.364 e. The van der Waals surface area contributed by atoms with Crippen LogP contribution in [0, 0.1) is 0 Å². The van der Waals surface area contributed by atoms with Crippen LogP contribution >= 0.6 is 11.3 Å². The SMILES string of the molecule is O=C(COCc1nc2ccccc2s1)N1CCN(C2CCS(=O)(=O)C2)CC1. The van der Waals surface area contributed by atoms with Gasteiger partial charge in [-0.15, -0.1) is 11.3 Å². The molecule has 2 fully saturated rings. The number of aromatic nitrogens is 1. The summed E-state index contributed by atoms with van der Waals surface area (Å²) in [6, 6.07) is 8.04. The van der Waals surface area contributed by atoms with Crippen molar-refractivity contribution in [2.24, 2.45) is 0 Å². The Balaban J connectivity index is 1.21. The third kappa shape index (κ3) is 4.48. The summed E-state index contributed by atoms with van der Waals surface area (Å²) in [6.45, 7) is 3.09. The molecule has 0 N–H and O–H groups in total. The molecule has 2 aliphatic rings. The van der Waals surface area contributed by atoms with Crippen molar-refractivity contribution in [2.75, 3.05) is 44.3 Å². The van der Waals surface area contributed by atoms with Crippen molar-refractivity contribution in [3.8, 4) is 0 Å². The summed E-state index contributed by atoms with van der Waals surface area (Å²) in [7, 11) is -2.87. The van der Waals surface area contributed by atoms with Gasteiger partial charge in [0, 0.05) is 32.2 Å². The fraction of sp³-hybridized carbons (Fsp3) is 0.556. The van der Waals surface area contributed by atoms with Gasteiger partial charge in [0.1, 0.15) is 11.6 Å². The first-order chi connectivity index (χ1) is 13.0. The Morgan fingerprint density at radius 1 is 1.22 bits per heavy atom. The normalized spacial score (nSPS) is 23.1. The number of hydrogen-bond donors (Lipinski definition) is 0. The maximum absolute atomic E-state index is 12.4. The summed E-state index contributed by atoms with van der Waals surface area (Å²) in [5, 5.41) is 0.872. The monoisotopic (exact) mass is 409 g/mol. The van der Waals surface area contributed by atoms with Crippen LogP contribution in [0.25, 0.3) is 10.2 Å². The standard InChI is InChI=1S/C18H23N3O4S2/c22-18(12-25-11-17-19-15-3-1-2-4-16(15)26-17)21-8-6-20(7-9-21)14-5-10-27(23,24)13-14/h1-4,14H,5-13H2. The van der Waals surface area contributed by atoms with Crippen LogP contribution in [-0.2, 0) is 26.0 Å². The number of carbonyl (C=O) groups excluding carboxylic acids is 1. The van der Waals surface area contributed by atoms with Crippen LogP contribution in [0.1, 0.15) is 11.4 Å². The highest BCUT2D eigenvalue weighted by molar-refractivity contribution is 7.91. The molecule has 1 atom stereocenters. The smallest absolute Gasteiger partial charge is 0.248 e. The number of carbonyl (C=O) groups is 1. The van der Waals surface area contributed by atoms with Gasteiger partial charge in [0.2, 0.25) is 5.91 Å². The Morgan fingerprint density at radius 3 is 2.70 bits per heavy atom. The largest absolute Gasteiger partial charge is 0.364 e. The number of hydrogen-bond acceptors (Lipinski definition) is 7. The highest BCUT2D eigenvalue weighted by Crippen LogP contribution is 2.22. The summed E-state index contributed by atoms with van der Waals surface area (Å²) in [5.41, 5.74) is 0.956. The molecule has 0 bridgehead atoms. The Kier molecular flexibility index (Phi) is 5.45. The van der Waals surface area contributed by atoms with Gasteiger partial charge in [-0.3, -0.25) is 9.69 Å². The van der Waals surface area contributed by atoms with Gasteiger partial charge >= 0.3 is 0 Å². The van der Waals surface area contributed by atoms with E-state index in [2.05, 4.69) is 9.88 Å². The second-order valence-electron chi connectivity index (χ2n) is 7.04. The molecular weight excluding hydrogens is 386 g/mol. The summed E-state index contributed by atoms with van der Waals surface area (Å²) in [6.07, 6.45) is 0.710. The number of amides is 1. The zero-order chi connectivity index (χ0) is 18.9. The van der Waals surface area contributed by atoms with Gasteiger partial charge in [-0.2, -0.15) is 0 Å². The van der Waals surface area contributed by atoms with E-state index >= 15 is 0 Å². The minimum atomic E-state index is -2.87. The highest BCUT2D eigenvalue weighted by Gasteiger charge is 2.34. The number of para-hydroxylation sites is 1. The average Bonchev–Trinajstić information content (AvgIpc) is 3.24. The summed E-state index contributed by atoms with van der Waals surface area (Å²) < 4.78 is 30.0. The maximum atomic E-state index is 12.4. The molecule has 1 unspecified atom stereocenters. The van der Waals surface area contributed by atoms with Crippen LogP contribution in [0.2, 0.25) is 0 Å². The first-order valence-corrected chi connectivity index (χ1v) is 11.8. The molecule has 0 radical (unpaired) electrons. The van der Waals surface area contributed by atoms with E-state index in [4.69, 9.17) is 4.74 Å². The lowest BCUT2D eigenvalue weighted by Gasteiger charge is -2.37. The number of benzene rings is 1. The molecule has 1 amide bonds. The van der Waals surface area contributed by atoms with Gasteiger partial charge in [-0.25, -0.2) is 13.4 Å². The predicted molar refractivity (Wildman–Crippen MR) is 104 cm³/mol. The lowest BCUT2D eigenvalue weighted by molar-refractivity contribution is -0.138. The highest BCUT2D eigenvalue weighted by atomic mass is 32.2. The molecule has 1 aromatic carbocycles. The molecule has 2 aromatic rings. The maximum Gasteiger partial charge on any atom is 0.248 e. The van der Waals surface area contributed by atoms with Gasteiger partial charge in [-0.1, -0.05) is 12.1 Å². The molecule has 146 valence electrons. The van der Waals surface area contributed by atoms with Crippen LogP contribution in [-0.4, -0.2) is 79.4 Å². The molecule has 2 saturated heterocycles. The number of fused-ring (bicyclic) bond motifs is 1. The van der Waals surface area contributed by atoms with E-state index in [1.54, 1.807) is 16.2 Å². The van der Waals surface area contributed by atoms with E-state index in [1.165, 1.54) is 0 Å². The molecular formula is C18H23N3O4S2. The van der Waals surface area contributed by atoms with Crippen LogP contribution < -0.4 is 0 Å². The van der Waals surface area contributed by atoms with E-state index in [9.17, 15) is 13.2 Å². The fourth-order valence-electron chi connectivity index (χ4n) is 3.70. The quantitative estimate of drug-likeness (QED) is 0.737. The molecule has 0 spiro atoms. The minimum absolute atomic E-state index is 0.0187. The Morgan fingerprint density at radius 2 is 2.00 bits per heavy atom. The first kappa shape index (κ1) is 18.8. The second kappa shape index (κ2) is 7.83. The summed E-state index contributed by atoms with van der Waals surface area (Å²) >= 11 is 1.58. The number of sulfone groups is 1. The lowest BCUT2D eigenvalue weighted by atomic mass is 10.2. The Labute approximate surface area is 162 Å². The van der Waals surface area contributed by atoms with E-state index in [0.29, 0.717) is 26.1 Å². The van der Waals surface area contributed by atoms with Crippen LogP contribution in [0.3, 0.4) is 0 Å². The van der Waals surface area contributed by atoms with Crippen molar-refractivity contribution < 1.29 is 17.9 Å². The first-order valence-electron chi connectivity index (χ1n) is 9.15. The van der Waals surface area contributed by atoms with Gasteiger partial charge in [0.25, 0.3) is 0 Å². The molecule has 4 rings (SSSR count). The van der Waals surface area contributed by atoms with Crippen molar-refractivity contribution in [2.45, 2.75) is 19.1 Å². The number of nitrogens with zero attached hydrogens (tertiary/aromatic N) is 3. The fourth-order valence-corrected chi connectivity index (χ4v) is 6.36. The topological polar surface area (TPSA) is 79.8 Å². The van der Waals surface area contributed by atoms with Crippen molar-refractivity contribution in [1.82, 2.24) is 14.8 Å². The van der Waals surface area contributed by atoms with Crippen LogP contribution in [0.5, 0.6) is 0 Å². The van der Waals surface area contributed by atoms with Crippen molar-refractivity contribution in [1.29, 1.82) is 0 Å². The summed E-state index contributed by atoms with van der Waals surface area (Å²) in [5.74, 6) is 0.526. The molecule has 0 aliphatic carbocycles.